The number of rotatable bonds is 8. The van der Waals surface area contributed by atoms with E-state index in [-0.39, 0.29) is 30.0 Å². The molecule has 0 radical (unpaired) electrons. The minimum Gasteiger partial charge on any atom is -0.488 e. The van der Waals surface area contributed by atoms with E-state index in [4.69, 9.17) is 4.74 Å². The summed E-state index contributed by atoms with van der Waals surface area (Å²) in [6.45, 7) is 0.613. The van der Waals surface area contributed by atoms with Gasteiger partial charge in [0.25, 0.3) is 0 Å². The molecule has 0 amide bonds. The van der Waals surface area contributed by atoms with Gasteiger partial charge >= 0.3 is 12.1 Å². The van der Waals surface area contributed by atoms with Crippen LogP contribution in [0.3, 0.4) is 0 Å². The van der Waals surface area contributed by atoms with Crippen LogP contribution in [0.15, 0.2) is 60.7 Å². The molecule has 0 saturated heterocycles. The number of carboxylic acid groups (broad SMARTS) is 1. The molecule has 2 aliphatic carbocycles. The van der Waals surface area contributed by atoms with Crippen molar-refractivity contribution in [2.24, 2.45) is 17.8 Å². The van der Waals surface area contributed by atoms with Gasteiger partial charge < -0.3 is 15.2 Å². The fourth-order valence-electron chi connectivity index (χ4n) is 5.59. The van der Waals surface area contributed by atoms with E-state index in [9.17, 15) is 23.1 Å². The van der Waals surface area contributed by atoms with Crippen LogP contribution in [0.2, 0.25) is 0 Å². The Morgan fingerprint density at radius 1 is 1.06 bits per heavy atom. The molecule has 2 N–H and O–H groups in total. The van der Waals surface area contributed by atoms with Crippen LogP contribution in [0.25, 0.3) is 11.1 Å². The van der Waals surface area contributed by atoms with Crippen LogP contribution in [0.1, 0.15) is 34.6 Å². The molecule has 1 heterocycles. The number of halogens is 3. The average Bonchev–Trinajstić information content (AvgIpc) is 3.57. The molecule has 0 aliphatic heterocycles. The Kier molecular flexibility index (Phi) is 6.59. The second-order valence-electron chi connectivity index (χ2n) is 9.36. The first kappa shape index (κ1) is 23.9. The highest BCUT2D eigenvalue weighted by Crippen LogP contribution is 2.48. The highest BCUT2D eigenvalue weighted by Gasteiger charge is 2.50. The van der Waals surface area contributed by atoms with E-state index in [2.05, 4.69) is 5.32 Å². The highest BCUT2D eigenvalue weighted by molar-refractivity contribution is 7.12. The standard InChI is InChI=1S/C27H26F3NO3S/c28-27(29,30)25-22(17-4-2-1-3-5-17)13-21(35-25)15-34-20-10-6-16(7-11-20)14-31-24-19-9-8-18(12-19)23(24)26(32)33/h1-7,10-11,13,18-19,23-24,31H,8-9,12,14-15H2,(H,32,33)/t18?,19-,23-,24?/m0/s1. The number of ether oxygens (including phenoxy) is 1. The monoisotopic (exact) mass is 501 g/mol. The van der Waals surface area contributed by atoms with Gasteiger partial charge in [-0.05, 0) is 60.4 Å². The number of aliphatic carboxylic acids is 1. The zero-order valence-electron chi connectivity index (χ0n) is 18.9. The van der Waals surface area contributed by atoms with E-state index in [0.717, 1.165) is 24.8 Å². The SMILES string of the molecule is O=C(O)[C@H]1C2CC[C@@H](C2)C1NCc1ccc(OCc2cc(-c3ccccc3)c(C(F)(F)F)s2)cc1. The smallest absolute Gasteiger partial charge is 0.426 e. The lowest BCUT2D eigenvalue weighted by molar-refractivity contribution is -0.144. The van der Waals surface area contributed by atoms with Gasteiger partial charge in [0.15, 0.2) is 0 Å². The maximum absolute atomic E-state index is 13.6. The number of thiophene rings is 1. The third kappa shape index (κ3) is 5.09. The summed E-state index contributed by atoms with van der Waals surface area (Å²) in [5, 5.41) is 13.1. The molecule has 35 heavy (non-hydrogen) atoms. The Bertz CT molecular complexity index is 1180. The van der Waals surface area contributed by atoms with Gasteiger partial charge in [-0.2, -0.15) is 13.2 Å². The molecule has 8 heteroatoms. The Balaban J connectivity index is 1.21. The molecule has 2 aromatic carbocycles. The summed E-state index contributed by atoms with van der Waals surface area (Å²) in [6.07, 6.45) is -1.34. The molecule has 2 saturated carbocycles. The molecule has 0 spiro atoms. The number of nitrogens with one attached hydrogen (secondary N) is 1. The average molecular weight is 502 g/mol. The predicted octanol–water partition coefficient (Wildman–Crippen LogP) is 6.60. The molecule has 184 valence electrons. The van der Waals surface area contributed by atoms with Crippen LogP contribution in [0, 0.1) is 17.8 Å². The van der Waals surface area contributed by atoms with Crippen LogP contribution in [-0.2, 0) is 24.1 Å². The maximum Gasteiger partial charge on any atom is 0.426 e. The lowest BCUT2D eigenvalue weighted by Gasteiger charge is -2.29. The first-order chi connectivity index (χ1) is 16.8. The van der Waals surface area contributed by atoms with Crippen molar-refractivity contribution in [3.63, 3.8) is 0 Å². The van der Waals surface area contributed by atoms with Gasteiger partial charge in [0.2, 0.25) is 0 Å². The summed E-state index contributed by atoms with van der Waals surface area (Å²) < 4.78 is 46.5. The normalized spacial score (nSPS) is 23.5. The Labute approximate surface area is 205 Å². The number of alkyl halides is 3. The molecule has 2 bridgehead atoms. The van der Waals surface area contributed by atoms with Crippen LogP contribution >= 0.6 is 11.3 Å². The van der Waals surface area contributed by atoms with Crippen molar-refractivity contribution < 1.29 is 27.8 Å². The number of fused-ring (bicyclic) bond motifs is 2. The molecule has 4 nitrogen and oxygen atoms in total. The van der Waals surface area contributed by atoms with Crippen molar-refractivity contribution in [2.45, 2.75) is 44.6 Å². The zero-order chi connectivity index (χ0) is 24.6. The molecular weight excluding hydrogens is 475 g/mol. The van der Waals surface area contributed by atoms with Gasteiger partial charge in [-0.15, -0.1) is 11.3 Å². The summed E-state index contributed by atoms with van der Waals surface area (Å²) in [7, 11) is 0. The van der Waals surface area contributed by atoms with Gasteiger partial charge in [-0.1, -0.05) is 42.5 Å². The van der Waals surface area contributed by atoms with E-state index in [0.29, 0.717) is 40.0 Å². The van der Waals surface area contributed by atoms with Gasteiger partial charge in [0, 0.05) is 23.0 Å². The lowest BCUT2D eigenvalue weighted by atomic mass is 9.84. The van der Waals surface area contributed by atoms with Crippen molar-refractivity contribution >= 4 is 17.3 Å². The van der Waals surface area contributed by atoms with Crippen molar-refractivity contribution in [3.8, 4) is 16.9 Å². The first-order valence-corrected chi connectivity index (χ1v) is 12.5. The zero-order valence-corrected chi connectivity index (χ0v) is 19.7. The van der Waals surface area contributed by atoms with E-state index in [1.807, 2.05) is 12.1 Å². The van der Waals surface area contributed by atoms with Gasteiger partial charge in [-0.3, -0.25) is 4.79 Å². The minimum absolute atomic E-state index is 0.00245. The topological polar surface area (TPSA) is 58.6 Å². The van der Waals surface area contributed by atoms with E-state index < -0.39 is 17.0 Å². The van der Waals surface area contributed by atoms with E-state index in [1.54, 1.807) is 48.5 Å². The number of carboxylic acids is 1. The van der Waals surface area contributed by atoms with E-state index in [1.165, 1.54) is 0 Å². The molecule has 4 atom stereocenters. The van der Waals surface area contributed by atoms with Crippen LogP contribution in [-0.4, -0.2) is 17.1 Å². The number of hydrogen-bond donors (Lipinski definition) is 2. The van der Waals surface area contributed by atoms with Crippen molar-refractivity contribution in [1.82, 2.24) is 5.32 Å². The Hall–Kier alpha value is -2.84. The van der Waals surface area contributed by atoms with Crippen molar-refractivity contribution in [3.05, 3.63) is 76.0 Å². The van der Waals surface area contributed by atoms with Gasteiger partial charge in [0.05, 0.1) is 5.92 Å². The highest BCUT2D eigenvalue weighted by atomic mass is 32.1. The Morgan fingerprint density at radius 3 is 2.46 bits per heavy atom. The third-order valence-electron chi connectivity index (χ3n) is 7.17. The van der Waals surface area contributed by atoms with Crippen LogP contribution in [0.5, 0.6) is 5.75 Å². The van der Waals surface area contributed by atoms with Crippen molar-refractivity contribution in [1.29, 1.82) is 0 Å². The summed E-state index contributed by atoms with van der Waals surface area (Å²) in [5.41, 5.74) is 1.70. The number of hydrogen-bond acceptors (Lipinski definition) is 4. The molecule has 2 fully saturated rings. The summed E-state index contributed by atoms with van der Waals surface area (Å²) >= 11 is 0.706. The maximum atomic E-state index is 13.6. The van der Waals surface area contributed by atoms with Crippen LogP contribution in [0.4, 0.5) is 13.2 Å². The second kappa shape index (κ2) is 9.66. The van der Waals surface area contributed by atoms with E-state index >= 15 is 0 Å². The first-order valence-electron chi connectivity index (χ1n) is 11.7. The van der Waals surface area contributed by atoms with Gasteiger partial charge in [-0.25, -0.2) is 0 Å². The molecule has 1 aromatic heterocycles. The summed E-state index contributed by atoms with van der Waals surface area (Å²) in [4.78, 5) is 11.6. The summed E-state index contributed by atoms with van der Waals surface area (Å²) in [6, 6.07) is 17.5. The number of carbonyl (C=O) groups is 1. The quantitative estimate of drug-likeness (QED) is 0.365. The van der Waals surface area contributed by atoms with Crippen molar-refractivity contribution in [2.75, 3.05) is 0 Å². The molecular formula is C27H26F3NO3S. The fourth-order valence-corrected chi connectivity index (χ4v) is 6.55. The Morgan fingerprint density at radius 2 is 1.77 bits per heavy atom. The molecule has 3 aromatic rings. The second-order valence-corrected chi connectivity index (χ2v) is 10.5. The molecule has 2 aliphatic rings. The molecule has 2 unspecified atom stereocenters. The van der Waals surface area contributed by atoms with Gasteiger partial charge in [0.1, 0.15) is 17.2 Å². The number of benzene rings is 2. The molecule has 5 rings (SSSR count). The minimum atomic E-state index is -4.43. The van der Waals surface area contributed by atoms with Crippen LogP contribution < -0.4 is 10.1 Å². The fraction of sp³-hybridized carbons (Fsp3) is 0.370. The largest absolute Gasteiger partial charge is 0.488 e. The third-order valence-corrected chi connectivity index (χ3v) is 8.33. The lowest BCUT2D eigenvalue weighted by Crippen LogP contribution is -2.43. The predicted molar refractivity (Wildman–Crippen MR) is 128 cm³/mol. The summed E-state index contributed by atoms with van der Waals surface area (Å²) in [5.74, 6) is 0.251.